The molecule has 5 aromatic rings. The number of piperidine rings is 1. The van der Waals surface area contributed by atoms with Crippen LogP contribution in [0.5, 0.6) is 5.88 Å². The van der Waals surface area contributed by atoms with Crippen molar-refractivity contribution in [2.24, 2.45) is 11.3 Å². The van der Waals surface area contributed by atoms with Crippen LogP contribution >= 0.6 is 0 Å². The average Bonchev–Trinajstić information content (AvgIpc) is 4.13. The van der Waals surface area contributed by atoms with Gasteiger partial charge >= 0.3 is 0 Å². The third kappa shape index (κ3) is 8.27. The molecule has 3 aromatic carbocycles. The van der Waals surface area contributed by atoms with Crippen LogP contribution < -0.4 is 24.6 Å². The van der Waals surface area contributed by atoms with E-state index in [9.17, 15) is 23.3 Å². The zero-order valence-electron chi connectivity index (χ0n) is 37.8. The second-order valence-corrected chi connectivity index (χ2v) is 21.0. The zero-order valence-corrected chi connectivity index (χ0v) is 38.6. The molecular weight excluding hydrogens is 873 g/mol. The topological polar surface area (TPSA) is 184 Å². The number of rotatable bonds is 12. The van der Waals surface area contributed by atoms with Gasteiger partial charge in [0.25, 0.3) is 21.6 Å². The van der Waals surface area contributed by atoms with Gasteiger partial charge in [0.2, 0.25) is 5.88 Å². The van der Waals surface area contributed by atoms with Gasteiger partial charge in [0.1, 0.15) is 23.1 Å². The van der Waals surface area contributed by atoms with E-state index in [0.717, 1.165) is 68.9 Å². The largest absolute Gasteiger partial charge is 0.468 e. The molecule has 4 saturated heterocycles. The molecule has 17 heteroatoms. The van der Waals surface area contributed by atoms with Crippen LogP contribution in [-0.2, 0) is 25.9 Å². The highest BCUT2D eigenvalue weighted by Gasteiger charge is 2.50. The molecule has 7 heterocycles. The minimum Gasteiger partial charge on any atom is -0.468 e. The van der Waals surface area contributed by atoms with Crippen LogP contribution in [0, 0.1) is 21.4 Å². The molecule has 3 N–H and O–H groups in total. The number of aromatic nitrogens is 2. The van der Waals surface area contributed by atoms with E-state index in [4.69, 9.17) is 19.2 Å². The standard InChI is InChI=1S/C50H58N8O8S/c1-2-33-6-3-4-7-38(33)41-8-5-19-56(41)36-27-50(28-36)16-20-55(21-17-50)35-9-11-39(42(25-35)57-44-24-34-13-18-51-47(34)53-49(44)66-46-31-65-30-45(46)57)48(59)54-67(62,63)37-10-12-40(43(26-37)58(60)61)52-29-32-14-22-64-23-15-32/h3-4,6-7,9-13,18,24-26,32,36,41,45-46,52H,2,5,8,14-17,19-23,27-31H2,1H3,(H,51,53)(H,54,59)/t41-,45-,46-/m0/s1. The highest BCUT2D eigenvalue weighted by atomic mass is 32.2. The van der Waals surface area contributed by atoms with Crippen LogP contribution in [0.4, 0.5) is 28.4 Å². The lowest BCUT2D eigenvalue weighted by atomic mass is 9.59. The highest BCUT2D eigenvalue weighted by Crippen LogP contribution is 2.54. The molecule has 2 aromatic heterocycles. The number of carbonyl (C=O) groups excluding carboxylic acids is 1. The molecule has 0 unspecified atom stereocenters. The number of fused-ring (bicyclic) bond motifs is 3. The normalized spacial score (nSPS) is 23.1. The monoisotopic (exact) mass is 930 g/mol. The van der Waals surface area contributed by atoms with Gasteiger partial charge in [0.15, 0.2) is 0 Å². The van der Waals surface area contributed by atoms with Crippen LogP contribution in [0.15, 0.2) is 83.9 Å². The summed E-state index contributed by atoms with van der Waals surface area (Å²) in [6.07, 6.45) is 11.1. The summed E-state index contributed by atoms with van der Waals surface area (Å²) in [4.78, 5) is 41.0. The lowest BCUT2D eigenvalue weighted by Gasteiger charge is -2.56. The highest BCUT2D eigenvalue weighted by molar-refractivity contribution is 7.90. The number of hydrogen-bond donors (Lipinski definition) is 3. The number of amides is 1. The maximum absolute atomic E-state index is 14.6. The van der Waals surface area contributed by atoms with E-state index in [0.29, 0.717) is 73.4 Å². The fourth-order valence-corrected chi connectivity index (χ4v) is 12.8. The number of anilines is 4. The fraction of sp³-hybridized carbons (Fsp3) is 0.480. The van der Waals surface area contributed by atoms with Gasteiger partial charge in [-0.2, -0.15) is 4.98 Å². The Kier molecular flexibility index (Phi) is 11.6. The van der Waals surface area contributed by atoms with Crippen LogP contribution in [0.1, 0.15) is 85.8 Å². The smallest absolute Gasteiger partial charge is 0.293 e. The van der Waals surface area contributed by atoms with E-state index in [1.165, 1.54) is 48.9 Å². The number of likely N-dealkylation sites (tertiary alicyclic amines) is 1. The average molecular weight is 931 g/mol. The molecular formula is C50H58N8O8S. The van der Waals surface area contributed by atoms with Gasteiger partial charge in [-0.05, 0) is 129 Å². The molecule has 1 spiro atoms. The number of aryl methyl sites for hydroxylation is 1. The van der Waals surface area contributed by atoms with Crippen molar-refractivity contribution in [1.29, 1.82) is 0 Å². The Morgan fingerprint density at radius 2 is 1.78 bits per heavy atom. The SMILES string of the molecule is CCc1ccccc1[C@@H]1CCCN1C1CC2(CCN(c3ccc(C(=O)NS(=O)(=O)c4ccc(NCC5CCOCC5)c([N+](=O)[O-])c4)c(N4c5cc6cc[nH]c6nc5O[C@H]5COC[C@@H]54)c3)CC2)C1. The van der Waals surface area contributed by atoms with E-state index < -0.39 is 37.5 Å². The number of sulfonamides is 1. The van der Waals surface area contributed by atoms with Gasteiger partial charge < -0.3 is 34.3 Å². The van der Waals surface area contributed by atoms with Crippen molar-refractivity contribution in [1.82, 2.24) is 19.6 Å². The zero-order chi connectivity index (χ0) is 45.9. The fourth-order valence-electron chi connectivity index (χ4n) is 11.8. The lowest BCUT2D eigenvalue weighted by Crippen LogP contribution is -2.55. The molecule has 5 aliphatic heterocycles. The number of aromatic amines is 1. The van der Waals surface area contributed by atoms with Gasteiger partial charge in [0.05, 0.1) is 40.3 Å². The summed E-state index contributed by atoms with van der Waals surface area (Å²) in [5.41, 5.74) is 5.89. The van der Waals surface area contributed by atoms with Gasteiger partial charge in [0, 0.05) is 68.3 Å². The Balaban J connectivity index is 0.868. The van der Waals surface area contributed by atoms with Crippen LogP contribution in [0.25, 0.3) is 11.0 Å². The van der Waals surface area contributed by atoms with Crippen molar-refractivity contribution in [2.75, 3.05) is 67.7 Å². The Bertz CT molecular complexity index is 2800. The molecule has 1 aliphatic carbocycles. The van der Waals surface area contributed by atoms with Gasteiger partial charge in [-0.1, -0.05) is 31.2 Å². The summed E-state index contributed by atoms with van der Waals surface area (Å²) < 4.78 is 48.2. The number of carbonyl (C=O) groups is 1. The number of ether oxygens (including phenoxy) is 3. The van der Waals surface area contributed by atoms with Crippen molar-refractivity contribution in [2.45, 2.75) is 93.8 Å². The number of H-pyrrole nitrogens is 1. The molecule has 0 radical (unpaired) electrons. The predicted octanol–water partition coefficient (Wildman–Crippen LogP) is 7.87. The number of pyridine rings is 1. The number of nitrogens with zero attached hydrogens (tertiary/aromatic N) is 5. The van der Waals surface area contributed by atoms with E-state index >= 15 is 0 Å². The summed E-state index contributed by atoms with van der Waals surface area (Å²) in [5.74, 6) is -0.220. The number of benzene rings is 3. The molecule has 16 nitrogen and oxygen atoms in total. The summed E-state index contributed by atoms with van der Waals surface area (Å²) in [6.45, 7) is 7.50. The number of nitro benzene ring substituents is 1. The lowest BCUT2D eigenvalue weighted by molar-refractivity contribution is -0.384. The first kappa shape index (κ1) is 43.8. The molecule has 11 rings (SSSR count). The molecule has 1 saturated carbocycles. The minimum atomic E-state index is -4.58. The van der Waals surface area contributed by atoms with Crippen molar-refractivity contribution in [3.05, 3.63) is 106 Å². The van der Waals surface area contributed by atoms with Gasteiger partial charge in [-0.25, -0.2) is 13.1 Å². The molecule has 0 bridgehead atoms. The summed E-state index contributed by atoms with van der Waals surface area (Å²) in [7, 11) is -4.58. The number of hydrogen-bond acceptors (Lipinski definition) is 13. The van der Waals surface area contributed by atoms with Crippen molar-refractivity contribution in [3.8, 4) is 5.88 Å². The van der Waals surface area contributed by atoms with Crippen LogP contribution in [0.3, 0.4) is 0 Å². The van der Waals surface area contributed by atoms with Gasteiger partial charge in [-0.15, -0.1) is 0 Å². The first-order valence-corrected chi connectivity index (χ1v) is 25.5. The molecule has 67 heavy (non-hydrogen) atoms. The maximum atomic E-state index is 14.6. The Labute approximate surface area is 390 Å². The van der Waals surface area contributed by atoms with E-state index in [2.05, 4.69) is 56.0 Å². The van der Waals surface area contributed by atoms with E-state index in [1.807, 2.05) is 35.4 Å². The van der Waals surface area contributed by atoms with Crippen molar-refractivity contribution in [3.63, 3.8) is 0 Å². The molecule has 352 valence electrons. The summed E-state index contributed by atoms with van der Waals surface area (Å²) >= 11 is 0. The third-order valence-electron chi connectivity index (χ3n) is 15.5. The minimum absolute atomic E-state index is 0.115. The second kappa shape index (κ2) is 17.7. The Morgan fingerprint density at radius 1 is 0.955 bits per heavy atom. The van der Waals surface area contributed by atoms with E-state index in [-0.39, 0.29) is 23.2 Å². The van der Waals surface area contributed by atoms with Gasteiger partial charge in [-0.3, -0.25) is 19.8 Å². The van der Waals surface area contributed by atoms with E-state index in [1.54, 1.807) is 6.07 Å². The predicted molar refractivity (Wildman–Crippen MR) is 255 cm³/mol. The number of nitrogens with one attached hydrogen (secondary N) is 3. The maximum Gasteiger partial charge on any atom is 0.293 e. The third-order valence-corrected chi connectivity index (χ3v) is 16.9. The first-order chi connectivity index (χ1) is 32.6. The molecule has 6 aliphatic rings. The Hall–Kier alpha value is -5.75. The molecule has 5 fully saturated rings. The first-order valence-electron chi connectivity index (χ1n) is 24.0. The quantitative estimate of drug-likeness (QED) is 0.0812. The Morgan fingerprint density at radius 3 is 2.58 bits per heavy atom. The summed E-state index contributed by atoms with van der Waals surface area (Å²) in [6, 6.07) is 22.8. The molecule has 3 atom stereocenters. The second-order valence-electron chi connectivity index (χ2n) is 19.4. The molecule has 1 amide bonds. The van der Waals surface area contributed by atoms with Crippen LogP contribution in [-0.4, -0.2) is 105 Å². The van der Waals surface area contributed by atoms with Crippen molar-refractivity contribution >= 4 is 55.4 Å². The van der Waals surface area contributed by atoms with Crippen LogP contribution in [0.2, 0.25) is 0 Å². The van der Waals surface area contributed by atoms with Crippen molar-refractivity contribution < 1.29 is 32.3 Å². The number of nitro groups is 1. The summed E-state index contributed by atoms with van der Waals surface area (Å²) in [5, 5.41) is 16.2.